The van der Waals surface area contributed by atoms with Crippen LogP contribution in [0.1, 0.15) is 25.3 Å². The molecule has 0 saturated carbocycles. The molecule has 4 nitrogen and oxygen atoms in total. The van der Waals surface area contributed by atoms with Crippen LogP contribution in [0.4, 0.5) is 8.78 Å². The van der Waals surface area contributed by atoms with Crippen LogP contribution in [0.3, 0.4) is 0 Å². The monoisotopic (exact) mass is 308 g/mol. The number of benzene rings is 1. The minimum absolute atomic E-state index is 0.0433. The van der Waals surface area contributed by atoms with Crippen LogP contribution in [0.5, 0.6) is 0 Å². The number of hydrogen-bond acceptors (Lipinski definition) is 2. The molecule has 0 aliphatic carbocycles. The Hall–Kier alpha value is -2.24. The van der Waals surface area contributed by atoms with Crippen molar-refractivity contribution in [1.82, 2.24) is 4.90 Å². The van der Waals surface area contributed by atoms with Crippen LogP contribution in [-0.4, -0.2) is 29.3 Å². The molecule has 1 heterocycles. The highest BCUT2D eigenvalue weighted by molar-refractivity contribution is 5.92. The van der Waals surface area contributed by atoms with Gasteiger partial charge in [-0.3, -0.25) is 9.59 Å². The number of carbonyl (C=O) groups is 2. The quantitative estimate of drug-likeness (QED) is 0.869. The SMILES string of the molecule is CC1CCC(C(N)=O)CN1C(=O)C=Cc1c(F)cccc1F. The number of halogens is 2. The number of nitrogens with two attached hydrogens (primary N) is 1. The van der Waals surface area contributed by atoms with Crippen LogP contribution < -0.4 is 5.73 Å². The second kappa shape index (κ2) is 6.68. The van der Waals surface area contributed by atoms with Crippen molar-refractivity contribution in [1.29, 1.82) is 0 Å². The summed E-state index contributed by atoms with van der Waals surface area (Å²) in [6, 6.07) is 3.46. The van der Waals surface area contributed by atoms with Crippen molar-refractivity contribution in [2.45, 2.75) is 25.8 Å². The number of carbonyl (C=O) groups excluding carboxylic acids is 2. The predicted octanol–water partition coefficient (Wildman–Crippen LogP) is 2.09. The zero-order valence-electron chi connectivity index (χ0n) is 12.3. The average Bonchev–Trinajstić information content (AvgIpc) is 2.46. The van der Waals surface area contributed by atoms with Crippen LogP contribution in [-0.2, 0) is 9.59 Å². The lowest BCUT2D eigenvalue weighted by atomic mass is 9.93. The van der Waals surface area contributed by atoms with E-state index in [9.17, 15) is 18.4 Å². The molecule has 0 aromatic heterocycles. The molecule has 1 aliphatic heterocycles. The molecule has 0 radical (unpaired) electrons. The summed E-state index contributed by atoms with van der Waals surface area (Å²) in [5.41, 5.74) is 5.03. The zero-order valence-corrected chi connectivity index (χ0v) is 12.3. The van der Waals surface area contributed by atoms with Crippen molar-refractivity contribution in [2.24, 2.45) is 11.7 Å². The molecule has 0 spiro atoms. The summed E-state index contributed by atoms with van der Waals surface area (Å²) in [7, 11) is 0. The molecule has 6 heteroatoms. The lowest BCUT2D eigenvalue weighted by Gasteiger charge is -2.36. The van der Waals surface area contributed by atoms with Gasteiger partial charge in [0, 0.05) is 24.2 Å². The first-order valence-corrected chi connectivity index (χ1v) is 7.12. The lowest BCUT2D eigenvalue weighted by Crippen LogP contribution is -2.48. The van der Waals surface area contributed by atoms with E-state index < -0.39 is 17.5 Å². The van der Waals surface area contributed by atoms with Crippen LogP contribution >= 0.6 is 0 Å². The molecule has 118 valence electrons. The molecule has 22 heavy (non-hydrogen) atoms. The maximum absolute atomic E-state index is 13.5. The normalized spacial score (nSPS) is 22.0. The summed E-state index contributed by atoms with van der Waals surface area (Å²) in [5.74, 6) is -2.66. The Bertz CT molecular complexity index is 596. The molecule has 0 bridgehead atoms. The van der Waals surface area contributed by atoms with Gasteiger partial charge >= 0.3 is 0 Å². The van der Waals surface area contributed by atoms with Crippen LogP contribution in [0.25, 0.3) is 6.08 Å². The Labute approximate surface area is 127 Å². The second-order valence-electron chi connectivity index (χ2n) is 5.48. The summed E-state index contributed by atoms with van der Waals surface area (Å²) in [6.07, 6.45) is 3.56. The molecule has 1 saturated heterocycles. The Morgan fingerprint density at radius 2 is 1.91 bits per heavy atom. The van der Waals surface area contributed by atoms with Crippen LogP contribution in [0.15, 0.2) is 24.3 Å². The number of rotatable bonds is 3. The van der Waals surface area contributed by atoms with E-state index in [1.807, 2.05) is 6.92 Å². The molecule has 2 unspecified atom stereocenters. The van der Waals surface area contributed by atoms with Gasteiger partial charge in [-0.05, 0) is 38.0 Å². The molecule has 2 N–H and O–H groups in total. The maximum Gasteiger partial charge on any atom is 0.246 e. The average molecular weight is 308 g/mol. The Morgan fingerprint density at radius 3 is 2.50 bits per heavy atom. The fraction of sp³-hybridized carbons (Fsp3) is 0.375. The highest BCUT2D eigenvalue weighted by Gasteiger charge is 2.30. The van der Waals surface area contributed by atoms with Gasteiger partial charge in [-0.2, -0.15) is 0 Å². The molecule has 1 fully saturated rings. The van der Waals surface area contributed by atoms with Gasteiger partial charge in [0.2, 0.25) is 11.8 Å². The summed E-state index contributed by atoms with van der Waals surface area (Å²) in [6.45, 7) is 2.10. The van der Waals surface area contributed by atoms with Gasteiger partial charge < -0.3 is 10.6 Å². The van der Waals surface area contributed by atoms with Crippen molar-refractivity contribution in [3.05, 3.63) is 41.5 Å². The first kappa shape index (κ1) is 16.1. The fourth-order valence-corrected chi connectivity index (χ4v) is 2.57. The van der Waals surface area contributed by atoms with Gasteiger partial charge in [0.15, 0.2) is 0 Å². The van der Waals surface area contributed by atoms with E-state index in [1.165, 1.54) is 11.0 Å². The first-order chi connectivity index (χ1) is 10.4. The molecule has 2 amide bonds. The molecule has 2 atom stereocenters. The van der Waals surface area contributed by atoms with E-state index in [0.29, 0.717) is 12.8 Å². The third-order valence-electron chi connectivity index (χ3n) is 3.96. The van der Waals surface area contributed by atoms with E-state index in [4.69, 9.17) is 5.73 Å². The Morgan fingerprint density at radius 1 is 1.27 bits per heavy atom. The summed E-state index contributed by atoms with van der Waals surface area (Å²) >= 11 is 0. The van der Waals surface area contributed by atoms with Gasteiger partial charge in [-0.1, -0.05) is 6.07 Å². The number of likely N-dealkylation sites (tertiary alicyclic amines) is 1. The largest absolute Gasteiger partial charge is 0.369 e. The van der Waals surface area contributed by atoms with Gasteiger partial charge in [0.1, 0.15) is 11.6 Å². The predicted molar refractivity (Wildman–Crippen MR) is 78.5 cm³/mol. The summed E-state index contributed by atoms with van der Waals surface area (Å²) in [4.78, 5) is 25.0. The third kappa shape index (κ3) is 3.50. The van der Waals surface area contributed by atoms with E-state index >= 15 is 0 Å². The molecule has 1 aliphatic rings. The maximum atomic E-state index is 13.5. The van der Waals surface area contributed by atoms with Crippen LogP contribution in [0, 0.1) is 17.6 Å². The van der Waals surface area contributed by atoms with Crippen molar-refractivity contribution in [3.63, 3.8) is 0 Å². The standard InChI is InChI=1S/C16H18F2N2O2/c1-10-5-6-11(16(19)22)9-20(10)15(21)8-7-12-13(17)3-2-4-14(12)18/h2-4,7-8,10-11H,5-6,9H2,1H3,(H2,19,22). The third-order valence-corrected chi connectivity index (χ3v) is 3.96. The van der Waals surface area contributed by atoms with Gasteiger partial charge in [-0.25, -0.2) is 8.78 Å². The second-order valence-corrected chi connectivity index (χ2v) is 5.48. The minimum Gasteiger partial charge on any atom is -0.369 e. The van der Waals surface area contributed by atoms with E-state index in [-0.39, 0.29) is 30.0 Å². The summed E-state index contributed by atoms with van der Waals surface area (Å²) < 4.78 is 27.0. The molecular weight excluding hydrogens is 290 g/mol. The number of primary amides is 1. The molecular formula is C16H18F2N2O2. The zero-order chi connectivity index (χ0) is 16.3. The first-order valence-electron chi connectivity index (χ1n) is 7.12. The highest BCUT2D eigenvalue weighted by atomic mass is 19.1. The van der Waals surface area contributed by atoms with Gasteiger partial charge in [0.05, 0.1) is 5.92 Å². The molecule has 1 aromatic carbocycles. The number of piperidine rings is 1. The fourth-order valence-electron chi connectivity index (χ4n) is 2.57. The topological polar surface area (TPSA) is 63.4 Å². The minimum atomic E-state index is -0.731. The van der Waals surface area contributed by atoms with Crippen molar-refractivity contribution in [3.8, 4) is 0 Å². The van der Waals surface area contributed by atoms with Crippen molar-refractivity contribution >= 4 is 17.9 Å². The van der Waals surface area contributed by atoms with Crippen LogP contribution in [0.2, 0.25) is 0 Å². The summed E-state index contributed by atoms with van der Waals surface area (Å²) in [5, 5.41) is 0. The number of hydrogen-bond donors (Lipinski definition) is 1. The Balaban J connectivity index is 2.13. The Kier molecular flexibility index (Phi) is 4.90. The number of amides is 2. The van der Waals surface area contributed by atoms with E-state index in [0.717, 1.165) is 24.3 Å². The van der Waals surface area contributed by atoms with Gasteiger partial charge in [0.25, 0.3) is 0 Å². The lowest BCUT2D eigenvalue weighted by molar-refractivity contribution is -0.133. The highest BCUT2D eigenvalue weighted by Crippen LogP contribution is 2.22. The molecule has 2 rings (SSSR count). The van der Waals surface area contributed by atoms with E-state index in [1.54, 1.807) is 0 Å². The van der Waals surface area contributed by atoms with Crippen molar-refractivity contribution in [2.75, 3.05) is 6.54 Å². The number of nitrogens with zero attached hydrogens (tertiary/aromatic N) is 1. The van der Waals surface area contributed by atoms with Crippen molar-refractivity contribution < 1.29 is 18.4 Å². The molecule has 1 aromatic rings. The van der Waals surface area contributed by atoms with Gasteiger partial charge in [-0.15, -0.1) is 0 Å². The smallest absolute Gasteiger partial charge is 0.246 e. The van der Waals surface area contributed by atoms with E-state index in [2.05, 4.69) is 0 Å².